The standard InChI is InChI=1S/C13H15ClN2O4/c1-19-13(18)10-7-16(5-6-20-10)12(17)8-3-2-4-9(14)11(8)15/h2-4,10H,5-7,15H2,1H3. The van der Waals surface area contributed by atoms with Crippen molar-refractivity contribution < 1.29 is 19.1 Å². The van der Waals surface area contributed by atoms with Gasteiger partial charge in [-0.25, -0.2) is 4.79 Å². The van der Waals surface area contributed by atoms with E-state index in [4.69, 9.17) is 22.1 Å². The summed E-state index contributed by atoms with van der Waals surface area (Å²) in [7, 11) is 1.28. The van der Waals surface area contributed by atoms with Crippen molar-refractivity contribution in [2.24, 2.45) is 0 Å². The van der Waals surface area contributed by atoms with E-state index in [1.54, 1.807) is 18.2 Å². The monoisotopic (exact) mass is 298 g/mol. The van der Waals surface area contributed by atoms with Crippen molar-refractivity contribution in [3.63, 3.8) is 0 Å². The Morgan fingerprint density at radius 3 is 2.95 bits per heavy atom. The number of para-hydroxylation sites is 1. The van der Waals surface area contributed by atoms with Gasteiger partial charge in [0.2, 0.25) is 0 Å². The summed E-state index contributed by atoms with van der Waals surface area (Å²) in [5.74, 6) is -0.774. The van der Waals surface area contributed by atoms with E-state index in [-0.39, 0.29) is 24.7 Å². The number of halogens is 1. The summed E-state index contributed by atoms with van der Waals surface area (Å²) in [6.45, 7) is 0.793. The van der Waals surface area contributed by atoms with Crippen LogP contribution < -0.4 is 5.73 Å². The Labute approximate surface area is 121 Å². The second-order valence-electron chi connectivity index (χ2n) is 4.33. The molecule has 1 aromatic carbocycles. The van der Waals surface area contributed by atoms with Gasteiger partial charge in [-0.1, -0.05) is 17.7 Å². The highest BCUT2D eigenvalue weighted by Crippen LogP contribution is 2.24. The molecule has 1 atom stereocenters. The molecule has 0 aliphatic carbocycles. The van der Waals surface area contributed by atoms with Crippen molar-refractivity contribution in [3.8, 4) is 0 Å². The Bertz CT molecular complexity index is 535. The zero-order valence-electron chi connectivity index (χ0n) is 11.0. The number of ether oxygens (including phenoxy) is 2. The van der Waals surface area contributed by atoms with E-state index in [0.717, 1.165) is 0 Å². The van der Waals surface area contributed by atoms with Gasteiger partial charge in [-0.3, -0.25) is 4.79 Å². The minimum Gasteiger partial charge on any atom is -0.467 e. The van der Waals surface area contributed by atoms with Gasteiger partial charge in [0.05, 0.1) is 36.5 Å². The van der Waals surface area contributed by atoms with Crippen LogP contribution in [0.5, 0.6) is 0 Å². The topological polar surface area (TPSA) is 81.9 Å². The molecule has 108 valence electrons. The third-order valence-corrected chi connectivity index (χ3v) is 3.43. The number of rotatable bonds is 2. The third kappa shape index (κ3) is 2.86. The Kier molecular flexibility index (Phi) is 4.46. The van der Waals surface area contributed by atoms with Crippen LogP contribution in [0.3, 0.4) is 0 Å². The van der Waals surface area contributed by atoms with E-state index in [9.17, 15) is 9.59 Å². The largest absolute Gasteiger partial charge is 0.467 e. The fraction of sp³-hybridized carbons (Fsp3) is 0.385. The van der Waals surface area contributed by atoms with Crippen LogP contribution in [-0.2, 0) is 14.3 Å². The number of benzene rings is 1. The summed E-state index contributed by atoms with van der Waals surface area (Å²) >= 11 is 5.90. The lowest BCUT2D eigenvalue weighted by Crippen LogP contribution is -2.49. The SMILES string of the molecule is COC(=O)C1CN(C(=O)c2cccc(Cl)c2N)CCO1. The molecular formula is C13H15ClN2O4. The van der Waals surface area contributed by atoms with E-state index in [1.165, 1.54) is 12.0 Å². The third-order valence-electron chi connectivity index (χ3n) is 3.10. The van der Waals surface area contributed by atoms with E-state index in [1.807, 2.05) is 0 Å². The Morgan fingerprint density at radius 2 is 2.25 bits per heavy atom. The predicted octanol–water partition coefficient (Wildman–Crippen LogP) is 0.936. The number of nitrogens with zero attached hydrogens (tertiary/aromatic N) is 1. The molecule has 0 saturated carbocycles. The maximum Gasteiger partial charge on any atom is 0.336 e. The minimum atomic E-state index is -0.766. The Morgan fingerprint density at radius 1 is 1.50 bits per heavy atom. The number of esters is 1. The average molecular weight is 299 g/mol. The smallest absolute Gasteiger partial charge is 0.336 e. The molecule has 1 aromatic rings. The molecule has 1 aliphatic rings. The fourth-order valence-corrected chi connectivity index (χ4v) is 2.18. The van der Waals surface area contributed by atoms with Crippen LogP contribution in [0.4, 0.5) is 5.69 Å². The molecule has 1 aliphatic heterocycles. The van der Waals surface area contributed by atoms with Crippen molar-refractivity contribution in [1.82, 2.24) is 4.90 Å². The van der Waals surface area contributed by atoms with Crippen LogP contribution in [0.25, 0.3) is 0 Å². The summed E-state index contributed by atoms with van der Waals surface area (Å²) in [6.07, 6.45) is -0.766. The van der Waals surface area contributed by atoms with Crippen LogP contribution in [0, 0.1) is 0 Å². The second kappa shape index (κ2) is 6.11. The molecule has 1 unspecified atom stereocenters. The van der Waals surface area contributed by atoms with Gasteiger partial charge in [0.15, 0.2) is 6.10 Å². The quantitative estimate of drug-likeness (QED) is 0.649. The lowest BCUT2D eigenvalue weighted by Gasteiger charge is -2.31. The molecule has 0 aromatic heterocycles. The Hall–Kier alpha value is -1.79. The summed E-state index contributed by atoms with van der Waals surface area (Å²) in [6, 6.07) is 4.88. The van der Waals surface area contributed by atoms with Gasteiger partial charge in [0.1, 0.15) is 0 Å². The maximum absolute atomic E-state index is 12.4. The number of carbonyl (C=O) groups excluding carboxylic acids is 2. The van der Waals surface area contributed by atoms with Crippen molar-refractivity contribution in [2.75, 3.05) is 32.5 Å². The highest BCUT2D eigenvalue weighted by molar-refractivity contribution is 6.33. The first-order valence-corrected chi connectivity index (χ1v) is 6.45. The van der Waals surface area contributed by atoms with Gasteiger partial charge in [0, 0.05) is 6.54 Å². The summed E-state index contributed by atoms with van der Waals surface area (Å²) in [5.41, 5.74) is 6.37. The highest BCUT2D eigenvalue weighted by Gasteiger charge is 2.31. The molecule has 0 spiro atoms. The zero-order chi connectivity index (χ0) is 14.7. The fourth-order valence-electron chi connectivity index (χ4n) is 2.00. The number of hydrogen-bond donors (Lipinski definition) is 1. The number of carbonyl (C=O) groups is 2. The first-order chi connectivity index (χ1) is 9.54. The molecule has 1 saturated heterocycles. The van der Waals surface area contributed by atoms with E-state index >= 15 is 0 Å². The van der Waals surface area contributed by atoms with E-state index < -0.39 is 12.1 Å². The molecule has 1 amide bonds. The van der Waals surface area contributed by atoms with Crippen molar-refractivity contribution in [2.45, 2.75) is 6.10 Å². The first kappa shape index (κ1) is 14.6. The van der Waals surface area contributed by atoms with Gasteiger partial charge in [0.25, 0.3) is 5.91 Å². The molecule has 1 heterocycles. The molecule has 2 rings (SSSR count). The van der Waals surface area contributed by atoms with Crippen LogP contribution in [-0.4, -0.2) is 49.7 Å². The number of morpholine rings is 1. The summed E-state index contributed by atoms with van der Waals surface area (Å²) < 4.78 is 9.89. The Balaban J connectivity index is 2.16. The molecule has 0 radical (unpaired) electrons. The number of anilines is 1. The van der Waals surface area contributed by atoms with Crippen LogP contribution >= 0.6 is 11.6 Å². The molecule has 2 N–H and O–H groups in total. The molecule has 7 heteroatoms. The zero-order valence-corrected chi connectivity index (χ0v) is 11.7. The van der Waals surface area contributed by atoms with Gasteiger partial charge >= 0.3 is 5.97 Å². The summed E-state index contributed by atoms with van der Waals surface area (Å²) in [5, 5.41) is 0.327. The number of nitrogen functional groups attached to an aromatic ring is 1. The van der Waals surface area contributed by atoms with Crippen molar-refractivity contribution >= 4 is 29.2 Å². The molecule has 0 bridgehead atoms. The maximum atomic E-state index is 12.4. The lowest BCUT2D eigenvalue weighted by molar-refractivity contribution is -0.158. The van der Waals surface area contributed by atoms with E-state index in [2.05, 4.69) is 4.74 Å². The van der Waals surface area contributed by atoms with Gasteiger partial charge in [-0.15, -0.1) is 0 Å². The van der Waals surface area contributed by atoms with Crippen LogP contribution in [0.1, 0.15) is 10.4 Å². The average Bonchev–Trinajstić information content (AvgIpc) is 2.48. The van der Waals surface area contributed by atoms with Gasteiger partial charge in [-0.2, -0.15) is 0 Å². The van der Waals surface area contributed by atoms with Crippen molar-refractivity contribution in [3.05, 3.63) is 28.8 Å². The number of hydrogen-bond acceptors (Lipinski definition) is 5. The molecular weight excluding hydrogens is 284 g/mol. The minimum absolute atomic E-state index is 0.136. The number of amides is 1. The highest BCUT2D eigenvalue weighted by atomic mass is 35.5. The molecule has 20 heavy (non-hydrogen) atoms. The first-order valence-electron chi connectivity index (χ1n) is 6.07. The number of nitrogens with two attached hydrogens (primary N) is 1. The summed E-state index contributed by atoms with van der Waals surface area (Å²) in [4.78, 5) is 25.4. The number of methoxy groups -OCH3 is 1. The van der Waals surface area contributed by atoms with Crippen molar-refractivity contribution in [1.29, 1.82) is 0 Å². The molecule has 6 nitrogen and oxygen atoms in total. The lowest BCUT2D eigenvalue weighted by atomic mass is 10.1. The normalized spacial score (nSPS) is 18.7. The van der Waals surface area contributed by atoms with E-state index in [0.29, 0.717) is 17.1 Å². The van der Waals surface area contributed by atoms with Gasteiger partial charge in [-0.05, 0) is 12.1 Å². The molecule has 1 fully saturated rings. The predicted molar refractivity (Wildman–Crippen MR) is 73.5 cm³/mol. The van der Waals surface area contributed by atoms with Crippen LogP contribution in [0.15, 0.2) is 18.2 Å². The van der Waals surface area contributed by atoms with Gasteiger partial charge < -0.3 is 20.1 Å². The van der Waals surface area contributed by atoms with Crippen LogP contribution in [0.2, 0.25) is 5.02 Å². The second-order valence-corrected chi connectivity index (χ2v) is 4.74.